The maximum absolute atomic E-state index is 11.3. The van der Waals surface area contributed by atoms with Gasteiger partial charge < -0.3 is 5.73 Å². The summed E-state index contributed by atoms with van der Waals surface area (Å²) in [6.07, 6.45) is 2.64. The first-order valence-electron chi connectivity index (χ1n) is 4.45. The molecule has 0 spiro atoms. The molecule has 2 N–H and O–H groups in total. The van der Waals surface area contributed by atoms with E-state index in [1.165, 1.54) is 5.57 Å². The average Bonchev–Trinajstić information content (AvgIpc) is 2.32. The topological polar surface area (TPSA) is 43.1 Å². The van der Waals surface area contributed by atoms with Crippen LogP contribution >= 0.6 is 0 Å². The molecule has 2 nitrogen and oxygen atoms in total. The van der Waals surface area contributed by atoms with Crippen molar-refractivity contribution in [2.45, 2.75) is 33.1 Å². The summed E-state index contributed by atoms with van der Waals surface area (Å²) in [5.74, 6) is 0.172. The Kier molecular flexibility index (Phi) is 2.27. The summed E-state index contributed by atoms with van der Waals surface area (Å²) >= 11 is 0. The van der Waals surface area contributed by atoms with Crippen LogP contribution in [0, 0.1) is 11.3 Å². The van der Waals surface area contributed by atoms with Crippen LogP contribution in [-0.2, 0) is 4.79 Å². The predicted molar refractivity (Wildman–Crippen MR) is 49.5 cm³/mol. The summed E-state index contributed by atoms with van der Waals surface area (Å²) in [6, 6.07) is 0. The highest BCUT2D eigenvalue weighted by Crippen LogP contribution is 2.45. The zero-order valence-electron chi connectivity index (χ0n) is 7.89. The fraction of sp³-hybridized carbons (Fsp3) is 0.700. The zero-order valence-corrected chi connectivity index (χ0v) is 7.89. The number of rotatable bonds is 2. The number of carbonyl (C=O) groups is 1. The lowest BCUT2D eigenvalue weighted by atomic mass is 9.75. The molecule has 1 fully saturated rings. The van der Waals surface area contributed by atoms with Gasteiger partial charge >= 0.3 is 0 Å². The number of nitrogens with two attached hydrogens (primary N) is 1. The Morgan fingerprint density at radius 1 is 1.67 bits per heavy atom. The molecular formula is C10H17NO. The molecule has 1 aliphatic carbocycles. The van der Waals surface area contributed by atoms with Crippen LogP contribution in [0.3, 0.4) is 0 Å². The van der Waals surface area contributed by atoms with Gasteiger partial charge in [0, 0.05) is 0 Å². The molecule has 0 aromatic rings. The Bertz CT molecular complexity index is 220. The Labute approximate surface area is 73.8 Å². The van der Waals surface area contributed by atoms with E-state index < -0.39 is 0 Å². The fourth-order valence-electron chi connectivity index (χ4n) is 2.01. The number of allylic oxidation sites excluding steroid dienone is 1. The van der Waals surface area contributed by atoms with Crippen molar-refractivity contribution in [1.82, 2.24) is 0 Å². The zero-order chi connectivity index (χ0) is 9.35. The van der Waals surface area contributed by atoms with Gasteiger partial charge in [0.2, 0.25) is 5.91 Å². The first kappa shape index (κ1) is 9.30. The molecule has 1 atom stereocenters. The molecule has 68 valence electrons. The molecule has 1 aliphatic rings. The van der Waals surface area contributed by atoms with Crippen molar-refractivity contribution in [3.8, 4) is 0 Å². The molecule has 2 heteroatoms. The van der Waals surface area contributed by atoms with Gasteiger partial charge in [0.25, 0.3) is 0 Å². The quantitative estimate of drug-likeness (QED) is 0.627. The van der Waals surface area contributed by atoms with Crippen molar-refractivity contribution in [2.24, 2.45) is 17.1 Å². The molecule has 0 aliphatic heterocycles. The van der Waals surface area contributed by atoms with Gasteiger partial charge in [-0.2, -0.15) is 0 Å². The van der Waals surface area contributed by atoms with E-state index >= 15 is 0 Å². The van der Waals surface area contributed by atoms with Gasteiger partial charge in [-0.05, 0) is 25.2 Å². The maximum Gasteiger partial charge on any atom is 0.224 e. The molecule has 1 amide bonds. The van der Waals surface area contributed by atoms with Crippen molar-refractivity contribution in [3.05, 3.63) is 12.2 Å². The first-order valence-corrected chi connectivity index (χ1v) is 4.45. The summed E-state index contributed by atoms with van der Waals surface area (Å²) in [6.45, 7) is 8.02. The summed E-state index contributed by atoms with van der Waals surface area (Å²) in [5.41, 5.74) is 6.29. The van der Waals surface area contributed by atoms with Crippen LogP contribution in [-0.4, -0.2) is 5.91 Å². The molecular weight excluding hydrogens is 150 g/mol. The summed E-state index contributed by atoms with van der Waals surface area (Å²) < 4.78 is 0. The predicted octanol–water partition coefficient (Wildman–Crippen LogP) is 1.85. The molecule has 0 aromatic heterocycles. The van der Waals surface area contributed by atoms with Crippen LogP contribution < -0.4 is 5.73 Å². The minimum Gasteiger partial charge on any atom is -0.369 e. The molecule has 12 heavy (non-hydrogen) atoms. The van der Waals surface area contributed by atoms with Crippen molar-refractivity contribution < 1.29 is 4.79 Å². The Morgan fingerprint density at radius 2 is 2.25 bits per heavy atom. The second-order valence-electron chi connectivity index (χ2n) is 4.10. The van der Waals surface area contributed by atoms with Crippen LogP contribution in [0.2, 0.25) is 0 Å². The van der Waals surface area contributed by atoms with Crippen LogP contribution in [0.15, 0.2) is 12.2 Å². The lowest BCUT2D eigenvalue weighted by Gasteiger charge is -2.29. The third-order valence-electron chi connectivity index (χ3n) is 3.09. The monoisotopic (exact) mass is 167 g/mol. The van der Waals surface area contributed by atoms with Crippen LogP contribution in [0.25, 0.3) is 0 Å². The summed E-state index contributed by atoms with van der Waals surface area (Å²) in [5, 5.41) is 0. The standard InChI is InChI=1S/C10H17NO/c1-7(2)10(9(11)12)5-4-8(3)6-10/h7H,3-6H2,1-2H3,(H2,11,12). The molecule has 0 heterocycles. The Hall–Kier alpha value is -0.790. The van der Waals surface area contributed by atoms with Crippen molar-refractivity contribution >= 4 is 5.91 Å². The largest absolute Gasteiger partial charge is 0.369 e. The summed E-state index contributed by atoms with van der Waals surface area (Å²) in [7, 11) is 0. The molecule has 0 aromatic carbocycles. The minimum atomic E-state index is -0.295. The number of primary amides is 1. The van der Waals surface area contributed by atoms with Crippen LogP contribution in [0.5, 0.6) is 0 Å². The second-order valence-corrected chi connectivity index (χ2v) is 4.10. The van der Waals surface area contributed by atoms with Gasteiger partial charge in [-0.1, -0.05) is 26.0 Å². The van der Waals surface area contributed by atoms with E-state index in [2.05, 4.69) is 20.4 Å². The van der Waals surface area contributed by atoms with Crippen molar-refractivity contribution in [2.75, 3.05) is 0 Å². The molecule has 1 saturated carbocycles. The smallest absolute Gasteiger partial charge is 0.224 e. The van der Waals surface area contributed by atoms with Crippen LogP contribution in [0.1, 0.15) is 33.1 Å². The van der Waals surface area contributed by atoms with Gasteiger partial charge in [-0.25, -0.2) is 0 Å². The molecule has 1 unspecified atom stereocenters. The fourth-order valence-corrected chi connectivity index (χ4v) is 2.01. The number of hydrogen-bond donors (Lipinski definition) is 1. The third kappa shape index (κ3) is 1.26. The SMILES string of the molecule is C=C1CCC(C(N)=O)(C(C)C)C1. The van der Waals surface area contributed by atoms with Crippen molar-refractivity contribution in [1.29, 1.82) is 0 Å². The third-order valence-corrected chi connectivity index (χ3v) is 3.09. The molecule has 0 bridgehead atoms. The first-order chi connectivity index (χ1) is 5.49. The van der Waals surface area contributed by atoms with E-state index in [9.17, 15) is 4.79 Å². The van der Waals surface area contributed by atoms with E-state index in [-0.39, 0.29) is 11.3 Å². The normalized spacial score (nSPS) is 29.8. The number of carbonyl (C=O) groups excluding carboxylic acids is 1. The van der Waals surface area contributed by atoms with Crippen LogP contribution in [0.4, 0.5) is 0 Å². The Balaban J connectivity index is 2.89. The lowest BCUT2D eigenvalue weighted by molar-refractivity contribution is -0.129. The molecule has 1 rings (SSSR count). The lowest BCUT2D eigenvalue weighted by Crippen LogP contribution is -2.39. The highest BCUT2D eigenvalue weighted by molar-refractivity contribution is 5.82. The van der Waals surface area contributed by atoms with E-state index in [0.29, 0.717) is 5.92 Å². The van der Waals surface area contributed by atoms with Gasteiger partial charge in [0.1, 0.15) is 0 Å². The number of hydrogen-bond acceptors (Lipinski definition) is 1. The average molecular weight is 167 g/mol. The number of amides is 1. The highest BCUT2D eigenvalue weighted by atomic mass is 16.1. The van der Waals surface area contributed by atoms with E-state index in [1.807, 2.05) is 0 Å². The second kappa shape index (κ2) is 2.92. The molecule has 0 saturated heterocycles. The maximum atomic E-state index is 11.3. The molecule has 0 radical (unpaired) electrons. The van der Waals surface area contributed by atoms with Crippen molar-refractivity contribution in [3.63, 3.8) is 0 Å². The Morgan fingerprint density at radius 3 is 2.42 bits per heavy atom. The van der Waals surface area contributed by atoms with Gasteiger partial charge in [-0.15, -0.1) is 0 Å². The van der Waals surface area contributed by atoms with E-state index in [0.717, 1.165) is 19.3 Å². The van der Waals surface area contributed by atoms with Gasteiger partial charge in [0.15, 0.2) is 0 Å². The van der Waals surface area contributed by atoms with E-state index in [4.69, 9.17) is 5.73 Å². The highest BCUT2D eigenvalue weighted by Gasteiger charge is 2.43. The van der Waals surface area contributed by atoms with Gasteiger partial charge in [0.05, 0.1) is 5.41 Å². The minimum absolute atomic E-state index is 0.156. The van der Waals surface area contributed by atoms with Gasteiger partial charge in [-0.3, -0.25) is 4.79 Å². The van der Waals surface area contributed by atoms with E-state index in [1.54, 1.807) is 0 Å². The summed E-state index contributed by atoms with van der Waals surface area (Å²) in [4.78, 5) is 11.3.